The van der Waals surface area contributed by atoms with E-state index in [1.807, 2.05) is 12.1 Å². The first-order chi connectivity index (χ1) is 6.43. The molecule has 3 atom stereocenters. The van der Waals surface area contributed by atoms with Crippen molar-refractivity contribution in [2.75, 3.05) is 0 Å². The Labute approximate surface area is 111 Å². The molecule has 1 radical (unpaired) electrons. The summed E-state index contributed by atoms with van der Waals surface area (Å²) in [5.74, 6) is 2.50. The van der Waals surface area contributed by atoms with Crippen LogP contribution in [0.3, 0.4) is 0 Å². The van der Waals surface area contributed by atoms with E-state index in [0.717, 1.165) is 17.8 Å². The van der Waals surface area contributed by atoms with Crippen LogP contribution in [0.25, 0.3) is 0 Å². The van der Waals surface area contributed by atoms with E-state index in [-0.39, 0.29) is 32.7 Å². The van der Waals surface area contributed by atoms with E-state index in [1.165, 1.54) is 18.4 Å². The number of hydrogen-bond acceptors (Lipinski definition) is 0. The van der Waals surface area contributed by atoms with Crippen molar-refractivity contribution in [1.82, 2.24) is 0 Å². The van der Waals surface area contributed by atoms with Crippen LogP contribution in [-0.2, 0) is 32.7 Å². The van der Waals surface area contributed by atoms with Gasteiger partial charge in [-0.05, 0) is 30.6 Å². The first kappa shape index (κ1) is 10.6. The molecule has 0 N–H and O–H groups in total. The van der Waals surface area contributed by atoms with E-state index in [9.17, 15) is 0 Å². The molecule has 3 rings (SSSR count). The first-order valence-corrected chi connectivity index (χ1v) is 5.08. The number of allylic oxidation sites excluding steroid dienone is 2. The summed E-state index contributed by atoms with van der Waals surface area (Å²) >= 11 is 0. The number of hydrogen-bond donors (Lipinski definition) is 0. The van der Waals surface area contributed by atoms with E-state index in [4.69, 9.17) is 0 Å². The van der Waals surface area contributed by atoms with Gasteiger partial charge in [0.05, 0.1) is 0 Å². The zero-order chi connectivity index (χ0) is 8.67. The van der Waals surface area contributed by atoms with Crippen LogP contribution in [0.2, 0.25) is 0 Å². The molecule has 0 spiro atoms. The van der Waals surface area contributed by atoms with Crippen molar-refractivity contribution in [2.45, 2.75) is 18.8 Å². The molecule has 2 aliphatic rings. The van der Waals surface area contributed by atoms with E-state index < -0.39 is 0 Å². The van der Waals surface area contributed by atoms with Crippen molar-refractivity contribution >= 4 is 0 Å². The summed E-state index contributed by atoms with van der Waals surface area (Å²) < 4.78 is 0. The van der Waals surface area contributed by atoms with Crippen molar-refractivity contribution in [3.8, 4) is 0 Å². The van der Waals surface area contributed by atoms with Gasteiger partial charge in [-0.1, -0.05) is 12.2 Å². The Morgan fingerprint density at radius 1 is 1.07 bits per heavy atom. The Morgan fingerprint density at radius 3 is 2.43 bits per heavy atom. The van der Waals surface area contributed by atoms with Gasteiger partial charge in [0, 0.05) is 32.7 Å². The minimum absolute atomic E-state index is 0. The van der Waals surface area contributed by atoms with Crippen molar-refractivity contribution in [3.63, 3.8) is 0 Å². The molecule has 1 aromatic rings. The summed E-state index contributed by atoms with van der Waals surface area (Å²) in [5.41, 5.74) is 1.51. The maximum Gasteiger partial charge on any atom is 0 e. The summed E-state index contributed by atoms with van der Waals surface area (Å²) in [5, 5.41) is 0. The zero-order valence-corrected chi connectivity index (χ0v) is 11.0. The standard InChI is InChI=1S/C13H13.Y/c1-2-4-11(5-3-1)13-9-10-6-7-12(13)8-10;/h2-7,10,12-13H,8-9H2;/q-1;. The molecule has 1 fully saturated rings. The average molecular weight is 258 g/mol. The number of fused-ring (bicyclic) bond motifs is 2. The van der Waals surface area contributed by atoms with Crippen LogP contribution in [0, 0.1) is 17.9 Å². The van der Waals surface area contributed by atoms with Crippen LogP contribution >= 0.6 is 0 Å². The van der Waals surface area contributed by atoms with Gasteiger partial charge in [0.2, 0.25) is 0 Å². The van der Waals surface area contributed by atoms with Gasteiger partial charge < -0.3 is 0 Å². The smallest absolute Gasteiger partial charge is 0 e. The predicted molar refractivity (Wildman–Crippen MR) is 53.4 cm³/mol. The quantitative estimate of drug-likeness (QED) is 0.536. The summed E-state index contributed by atoms with van der Waals surface area (Å²) in [6.07, 6.45) is 7.57. The van der Waals surface area contributed by atoms with Crippen molar-refractivity contribution in [1.29, 1.82) is 0 Å². The number of rotatable bonds is 1. The normalized spacial score (nSPS) is 33.0. The van der Waals surface area contributed by atoms with Crippen molar-refractivity contribution in [3.05, 3.63) is 48.0 Å². The summed E-state index contributed by atoms with van der Waals surface area (Å²) in [7, 11) is 0. The van der Waals surface area contributed by atoms with E-state index in [2.05, 4.69) is 30.4 Å². The summed E-state index contributed by atoms with van der Waals surface area (Å²) in [6, 6.07) is 11.6. The van der Waals surface area contributed by atoms with Gasteiger partial charge in [-0.15, -0.1) is 0 Å². The summed E-state index contributed by atoms with van der Waals surface area (Å²) in [4.78, 5) is 0. The van der Waals surface area contributed by atoms with E-state index >= 15 is 0 Å². The zero-order valence-electron chi connectivity index (χ0n) is 8.19. The second-order valence-corrected chi connectivity index (χ2v) is 4.22. The Hall–Kier alpha value is 0.0639. The van der Waals surface area contributed by atoms with Crippen LogP contribution in [0.15, 0.2) is 36.4 Å². The number of benzene rings is 1. The van der Waals surface area contributed by atoms with Crippen LogP contribution in [0.5, 0.6) is 0 Å². The topological polar surface area (TPSA) is 0 Å². The molecule has 2 bridgehead atoms. The Balaban J connectivity index is 0.000000750. The first-order valence-electron chi connectivity index (χ1n) is 5.08. The molecular formula is C13H13Y-. The molecule has 14 heavy (non-hydrogen) atoms. The fraction of sp³-hybridized carbons (Fsp3) is 0.385. The minimum atomic E-state index is 0. The Morgan fingerprint density at radius 2 is 1.86 bits per heavy atom. The third-order valence-electron chi connectivity index (χ3n) is 3.45. The SMILES string of the molecule is [Y].[c-]1ccc(C2CC3C=CC2C3)cc1. The maximum atomic E-state index is 3.08. The second-order valence-electron chi connectivity index (χ2n) is 4.22. The van der Waals surface area contributed by atoms with Gasteiger partial charge in [-0.2, -0.15) is 35.9 Å². The molecule has 1 heteroatoms. The third-order valence-corrected chi connectivity index (χ3v) is 3.45. The van der Waals surface area contributed by atoms with Crippen molar-refractivity contribution < 1.29 is 32.7 Å². The fourth-order valence-electron chi connectivity index (χ4n) is 2.81. The van der Waals surface area contributed by atoms with Gasteiger partial charge in [0.1, 0.15) is 0 Å². The maximum absolute atomic E-state index is 3.08. The minimum Gasteiger partial charge on any atom is -0.184 e. The Bertz CT molecular complexity index is 328. The van der Waals surface area contributed by atoms with E-state index in [0.29, 0.717) is 0 Å². The molecule has 1 aromatic carbocycles. The molecule has 2 aliphatic carbocycles. The van der Waals surface area contributed by atoms with Crippen LogP contribution in [0.4, 0.5) is 0 Å². The molecule has 0 amide bonds. The molecule has 0 aliphatic heterocycles. The van der Waals surface area contributed by atoms with Gasteiger partial charge in [0.25, 0.3) is 0 Å². The molecule has 69 valence electrons. The largest absolute Gasteiger partial charge is 0.184 e. The fourth-order valence-corrected chi connectivity index (χ4v) is 2.81. The monoisotopic (exact) mass is 258 g/mol. The average Bonchev–Trinajstić information content (AvgIpc) is 2.80. The molecule has 0 nitrogen and oxygen atoms in total. The van der Waals surface area contributed by atoms with Crippen LogP contribution in [0.1, 0.15) is 24.3 Å². The molecule has 1 saturated carbocycles. The molecule has 0 aromatic heterocycles. The van der Waals surface area contributed by atoms with Crippen molar-refractivity contribution in [2.24, 2.45) is 11.8 Å². The Kier molecular flexibility index (Phi) is 3.24. The molecular weight excluding hydrogens is 245 g/mol. The van der Waals surface area contributed by atoms with E-state index in [1.54, 1.807) is 0 Å². The second kappa shape index (κ2) is 4.29. The predicted octanol–water partition coefficient (Wildman–Crippen LogP) is 3.16. The van der Waals surface area contributed by atoms with Crippen LogP contribution in [-0.4, -0.2) is 0 Å². The molecule has 0 saturated heterocycles. The molecule has 3 unspecified atom stereocenters. The third kappa shape index (κ3) is 1.75. The van der Waals surface area contributed by atoms with Gasteiger partial charge in [-0.3, -0.25) is 0 Å². The van der Waals surface area contributed by atoms with Gasteiger partial charge in [0.15, 0.2) is 0 Å². The van der Waals surface area contributed by atoms with Gasteiger partial charge in [-0.25, -0.2) is 0 Å². The molecule has 0 heterocycles. The summed E-state index contributed by atoms with van der Waals surface area (Å²) in [6.45, 7) is 0. The van der Waals surface area contributed by atoms with Crippen LogP contribution < -0.4 is 0 Å². The van der Waals surface area contributed by atoms with Gasteiger partial charge >= 0.3 is 0 Å².